The van der Waals surface area contributed by atoms with E-state index in [1.165, 1.54) is 0 Å². The molecule has 2 aliphatic rings. The molecular formula is C25H31N5O3. The molecule has 3 aromatic rings. The SMILES string of the molecule is Cc1cnc2ccc(=O)n(CCN3CCC(N(C)Cc4cc5c(cn4)OCCO5)CC3)c2c1. The molecule has 8 nitrogen and oxygen atoms in total. The molecule has 0 unspecified atom stereocenters. The number of hydrogen-bond donors (Lipinski definition) is 0. The Bertz CT molecular complexity index is 1190. The normalized spacial score (nSPS) is 17.1. The lowest BCUT2D eigenvalue weighted by Crippen LogP contribution is -2.44. The van der Waals surface area contributed by atoms with E-state index in [-0.39, 0.29) is 5.56 Å². The van der Waals surface area contributed by atoms with E-state index in [0.717, 1.165) is 72.8 Å². The molecule has 1 saturated heterocycles. The number of aromatic nitrogens is 3. The summed E-state index contributed by atoms with van der Waals surface area (Å²) in [6, 6.07) is 8.00. The summed E-state index contributed by atoms with van der Waals surface area (Å²) in [5, 5.41) is 0. The van der Waals surface area contributed by atoms with Gasteiger partial charge in [-0.15, -0.1) is 0 Å². The minimum Gasteiger partial charge on any atom is -0.486 e. The third kappa shape index (κ3) is 4.86. The second-order valence-corrected chi connectivity index (χ2v) is 9.05. The Balaban J connectivity index is 1.16. The highest BCUT2D eigenvalue weighted by Gasteiger charge is 2.23. The molecule has 0 N–H and O–H groups in total. The fourth-order valence-electron chi connectivity index (χ4n) is 4.78. The Morgan fingerprint density at radius 1 is 1.03 bits per heavy atom. The van der Waals surface area contributed by atoms with E-state index >= 15 is 0 Å². The average molecular weight is 450 g/mol. The number of aryl methyl sites for hydroxylation is 1. The molecule has 5 heterocycles. The third-order valence-electron chi connectivity index (χ3n) is 6.69. The Morgan fingerprint density at radius 2 is 1.82 bits per heavy atom. The number of fused-ring (bicyclic) bond motifs is 2. The van der Waals surface area contributed by atoms with Crippen LogP contribution in [0, 0.1) is 6.92 Å². The molecule has 0 spiro atoms. The van der Waals surface area contributed by atoms with Crippen molar-refractivity contribution in [3.8, 4) is 11.5 Å². The third-order valence-corrected chi connectivity index (χ3v) is 6.69. The summed E-state index contributed by atoms with van der Waals surface area (Å²) in [4.78, 5) is 26.4. The standard InChI is InChI=1S/C25H31N5O3/c1-18-13-22-21(27-15-18)3-4-25(31)30(22)10-9-29-7-5-20(6-8-29)28(2)17-19-14-23-24(16-26-19)33-12-11-32-23/h3-4,13-16,20H,5-12,17H2,1-2H3. The highest BCUT2D eigenvalue weighted by molar-refractivity contribution is 5.74. The molecule has 33 heavy (non-hydrogen) atoms. The first-order valence-corrected chi connectivity index (χ1v) is 11.7. The van der Waals surface area contributed by atoms with Gasteiger partial charge in [0.1, 0.15) is 13.2 Å². The van der Waals surface area contributed by atoms with E-state index in [1.54, 1.807) is 12.3 Å². The second-order valence-electron chi connectivity index (χ2n) is 9.05. The molecule has 3 aromatic heterocycles. The molecule has 0 radical (unpaired) electrons. The van der Waals surface area contributed by atoms with Crippen LogP contribution in [0.15, 0.2) is 41.5 Å². The van der Waals surface area contributed by atoms with Gasteiger partial charge in [0.2, 0.25) is 0 Å². The number of pyridine rings is 3. The zero-order chi connectivity index (χ0) is 22.8. The van der Waals surface area contributed by atoms with Crippen molar-refractivity contribution in [2.45, 2.75) is 38.9 Å². The van der Waals surface area contributed by atoms with Crippen LogP contribution in [0.2, 0.25) is 0 Å². The minimum atomic E-state index is 0.0384. The maximum absolute atomic E-state index is 12.5. The lowest BCUT2D eigenvalue weighted by atomic mass is 10.0. The summed E-state index contributed by atoms with van der Waals surface area (Å²) in [5.74, 6) is 1.53. The summed E-state index contributed by atoms with van der Waals surface area (Å²) in [6.07, 6.45) is 5.82. The number of rotatable bonds is 6. The number of piperidine rings is 1. The van der Waals surface area contributed by atoms with Crippen LogP contribution in [-0.4, -0.2) is 70.3 Å². The molecule has 0 atom stereocenters. The van der Waals surface area contributed by atoms with Gasteiger partial charge in [-0.05, 0) is 57.6 Å². The molecule has 8 heteroatoms. The fraction of sp³-hybridized carbons (Fsp3) is 0.480. The van der Waals surface area contributed by atoms with Crippen molar-refractivity contribution in [3.05, 3.63) is 58.3 Å². The maximum atomic E-state index is 12.5. The Hall–Kier alpha value is -2.97. The van der Waals surface area contributed by atoms with Gasteiger partial charge >= 0.3 is 0 Å². The summed E-state index contributed by atoms with van der Waals surface area (Å²) < 4.78 is 13.1. The summed E-state index contributed by atoms with van der Waals surface area (Å²) in [7, 11) is 2.17. The van der Waals surface area contributed by atoms with E-state index in [9.17, 15) is 4.79 Å². The largest absolute Gasteiger partial charge is 0.486 e. The molecule has 0 amide bonds. The van der Waals surface area contributed by atoms with Crippen LogP contribution in [0.5, 0.6) is 11.5 Å². The molecule has 0 bridgehead atoms. The van der Waals surface area contributed by atoms with Gasteiger partial charge < -0.3 is 18.9 Å². The van der Waals surface area contributed by atoms with Gasteiger partial charge in [-0.3, -0.25) is 19.7 Å². The highest BCUT2D eigenvalue weighted by Crippen LogP contribution is 2.30. The van der Waals surface area contributed by atoms with E-state index < -0.39 is 0 Å². The summed E-state index contributed by atoms with van der Waals surface area (Å²) in [6.45, 7) is 7.58. The van der Waals surface area contributed by atoms with Crippen molar-refractivity contribution < 1.29 is 9.47 Å². The van der Waals surface area contributed by atoms with Crippen molar-refractivity contribution in [1.82, 2.24) is 24.3 Å². The van der Waals surface area contributed by atoms with Gasteiger partial charge in [0.25, 0.3) is 5.56 Å². The lowest BCUT2D eigenvalue weighted by molar-refractivity contribution is 0.119. The van der Waals surface area contributed by atoms with Gasteiger partial charge in [-0.25, -0.2) is 0 Å². The van der Waals surface area contributed by atoms with Crippen LogP contribution in [-0.2, 0) is 13.1 Å². The zero-order valence-corrected chi connectivity index (χ0v) is 19.4. The number of nitrogens with zero attached hydrogens (tertiary/aromatic N) is 5. The Morgan fingerprint density at radius 3 is 2.64 bits per heavy atom. The van der Waals surface area contributed by atoms with E-state index in [2.05, 4.69) is 32.9 Å². The number of likely N-dealkylation sites (tertiary alicyclic amines) is 1. The van der Waals surface area contributed by atoms with Crippen LogP contribution in [0.25, 0.3) is 11.0 Å². The van der Waals surface area contributed by atoms with E-state index in [0.29, 0.717) is 25.8 Å². The van der Waals surface area contributed by atoms with E-state index in [4.69, 9.17) is 9.47 Å². The van der Waals surface area contributed by atoms with Crippen LogP contribution in [0.1, 0.15) is 24.1 Å². The van der Waals surface area contributed by atoms with Gasteiger partial charge in [0, 0.05) is 44.0 Å². The second kappa shape index (κ2) is 9.49. The minimum absolute atomic E-state index is 0.0384. The summed E-state index contributed by atoms with van der Waals surface area (Å²) in [5.41, 5.74) is 3.90. The molecule has 0 saturated carbocycles. The first kappa shape index (κ1) is 21.9. The van der Waals surface area contributed by atoms with Crippen molar-refractivity contribution in [1.29, 1.82) is 0 Å². The van der Waals surface area contributed by atoms with Gasteiger partial charge in [0.05, 0.1) is 22.9 Å². The fourth-order valence-corrected chi connectivity index (χ4v) is 4.78. The van der Waals surface area contributed by atoms with Crippen LogP contribution in [0.4, 0.5) is 0 Å². The highest BCUT2D eigenvalue weighted by atomic mass is 16.6. The lowest BCUT2D eigenvalue weighted by Gasteiger charge is -2.36. The Labute approximate surface area is 193 Å². The molecular weight excluding hydrogens is 418 g/mol. The van der Waals surface area contributed by atoms with Crippen LogP contribution < -0.4 is 15.0 Å². The van der Waals surface area contributed by atoms with Crippen molar-refractivity contribution in [3.63, 3.8) is 0 Å². The first-order valence-electron chi connectivity index (χ1n) is 11.7. The monoisotopic (exact) mass is 449 g/mol. The van der Waals surface area contributed by atoms with Crippen LogP contribution in [0.3, 0.4) is 0 Å². The summed E-state index contributed by atoms with van der Waals surface area (Å²) >= 11 is 0. The van der Waals surface area contributed by atoms with Gasteiger partial charge in [0.15, 0.2) is 11.5 Å². The number of ether oxygens (including phenoxy) is 2. The van der Waals surface area contributed by atoms with E-state index in [1.807, 2.05) is 29.8 Å². The molecule has 0 aliphatic carbocycles. The van der Waals surface area contributed by atoms with Crippen molar-refractivity contribution in [2.24, 2.45) is 0 Å². The van der Waals surface area contributed by atoms with Crippen LogP contribution >= 0.6 is 0 Å². The van der Waals surface area contributed by atoms with Gasteiger partial charge in [-0.1, -0.05) is 0 Å². The predicted molar refractivity (Wildman–Crippen MR) is 127 cm³/mol. The molecule has 2 aliphatic heterocycles. The predicted octanol–water partition coefficient (Wildman–Crippen LogP) is 2.47. The molecule has 0 aromatic carbocycles. The Kier molecular flexibility index (Phi) is 6.28. The average Bonchev–Trinajstić information content (AvgIpc) is 2.83. The van der Waals surface area contributed by atoms with Crippen molar-refractivity contribution >= 4 is 11.0 Å². The zero-order valence-electron chi connectivity index (χ0n) is 19.4. The van der Waals surface area contributed by atoms with Gasteiger partial charge in [-0.2, -0.15) is 0 Å². The van der Waals surface area contributed by atoms with Crippen molar-refractivity contribution in [2.75, 3.05) is 39.9 Å². The molecule has 1 fully saturated rings. The molecule has 174 valence electrons. The maximum Gasteiger partial charge on any atom is 0.251 e. The first-order chi connectivity index (χ1) is 16.1. The number of hydrogen-bond acceptors (Lipinski definition) is 7. The smallest absolute Gasteiger partial charge is 0.251 e. The topological polar surface area (TPSA) is 72.7 Å². The molecule has 5 rings (SSSR count). The quantitative estimate of drug-likeness (QED) is 0.572.